The second kappa shape index (κ2) is 5.90. The molecule has 1 aromatic carbocycles. The third-order valence-corrected chi connectivity index (χ3v) is 4.24. The Balaban J connectivity index is 1.93. The highest BCUT2D eigenvalue weighted by atomic mass is 16.5. The molecule has 2 aromatic rings. The molecule has 0 radical (unpaired) electrons. The van der Waals surface area contributed by atoms with Gasteiger partial charge in [-0.05, 0) is 50.3 Å². The highest BCUT2D eigenvalue weighted by molar-refractivity contribution is 5.38. The van der Waals surface area contributed by atoms with Crippen LogP contribution in [-0.4, -0.2) is 21.8 Å². The smallest absolute Gasteiger partial charge is 0.123 e. The number of aryl methyl sites for hydroxylation is 1. The van der Waals surface area contributed by atoms with Gasteiger partial charge < -0.3 is 14.4 Å². The van der Waals surface area contributed by atoms with Gasteiger partial charge in [0.05, 0.1) is 31.8 Å². The monoisotopic (exact) mass is 286 g/mol. The Morgan fingerprint density at radius 1 is 1.33 bits per heavy atom. The van der Waals surface area contributed by atoms with Crippen LogP contribution in [-0.2, 0) is 19.4 Å². The van der Waals surface area contributed by atoms with Gasteiger partial charge in [0.2, 0.25) is 0 Å². The van der Waals surface area contributed by atoms with E-state index in [9.17, 15) is 5.11 Å². The average Bonchev–Trinajstić information content (AvgIpc) is 2.90. The number of ether oxygens (including phenoxy) is 1. The summed E-state index contributed by atoms with van der Waals surface area (Å²) >= 11 is 0. The molecule has 4 heteroatoms. The molecule has 0 saturated carbocycles. The maximum atomic E-state index is 9.77. The molecule has 1 N–H and O–H groups in total. The van der Waals surface area contributed by atoms with Gasteiger partial charge in [0.1, 0.15) is 5.75 Å². The molecule has 0 fully saturated rings. The van der Waals surface area contributed by atoms with Gasteiger partial charge in [0.25, 0.3) is 0 Å². The summed E-state index contributed by atoms with van der Waals surface area (Å²) in [7, 11) is 1.68. The molecule has 4 nitrogen and oxygen atoms in total. The van der Waals surface area contributed by atoms with Crippen molar-refractivity contribution in [3.63, 3.8) is 0 Å². The normalized spacial score (nSPS) is 15.6. The van der Waals surface area contributed by atoms with Crippen molar-refractivity contribution in [2.24, 2.45) is 0 Å². The van der Waals surface area contributed by atoms with Gasteiger partial charge in [-0.2, -0.15) is 0 Å². The lowest BCUT2D eigenvalue weighted by molar-refractivity contribution is 0.199. The Labute approximate surface area is 125 Å². The first-order valence-electron chi connectivity index (χ1n) is 7.57. The highest BCUT2D eigenvalue weighted by Crippen LogP contribution is 2.26. The molecule has 3 rings (SSSR count). The third-order valence-electron chi connectivity index (χ3n) is 4.24. The molecule has 0 aliphatic heterocycles. The number of aliphatic hydroxyl groups is 1. The summed E-state index contributed by atoms with van der Waals surface area (Å²) in [5.74, 6) is 0.859. The Kier molecular flexibility index (Phi) is 3.97. The van der Waals surface area contributed by atoms with Gasteiger partial charge in [-0.15, -0.1) is 0 Å². The number of methoxy groups -OCH3 is 1. The topological polar surface area (TPSA) is 47.3 Å². The van der Waals surface area contributed by atoms with Crippen LogP contribution in [0.1, 0.15) is 48.4 Å². The number of nitrogens with zero attached hydrogens (tertiary/aromatic N) is 2. The van der Waals surface area contributed by atoms with Crippen LogP contribution in [0.3, 0.4) is 0 Å². The average molecular weight is 286 g/mol. The van der Waals surface area contributed by atoms with Gasteiger partial charge in [-0.3, -0.25) is 0 Å². The standard InChI is InChI=1S/C17H22N2O2/c1-12(20)13-7-8-17(21-2)14(9-13)10-19-11-18-15-5-3-4-6-16(15)19/h7-9,11-12,20H,3-6,10H2,1-2H3. The number of aromatic nitrogens is 2. The van der Waals surface area contributed by atoms with Crippen LogP contribution in [0.4, 0.5) is 0 Å². The number of imidazole rings is 1. The molecular formula is C17H22N2O2. The summed E-state index contributed by atoms with van der Waals surface area (Å²) < 4.78 is 7.68. The maximum Gasteiger partial charge on any atom is 0.123 e. The fourth-order valence-corrected chi connectivity index (χ4v) is 3.03. The third kappa shape index (κ3) is 2.81. The quantitative estimate of drug-likeness (QED) is 0.940. The van der Waals surface area contributed by atoms with Crippen molar-refractivity contribution in [3.8, 4) is 5.75 Å². The predicted molar refractivity (Wildman–Crippen MR) is 81.6 cm³/mol. The molecular weight excluding hydrogens is 264 g/mol. The van der Waals surface area contributed by atoms with Crippen molar-refractivity contribution in [2.75, 3.05) is 7.11 Å². The van der Waals surface area contributed by atoms with Gasteiger partial charge in [-0.25, -0.2) is 4.98 Å². The molecule has 1 atom stereocenters. The minimum absolute atomic E-state index is 0.466. The predicted octanol–water partition coefficient (Wildman–Crippen LogP) is 2.87. The summed E-state index contributed by atoms with van der Waals surface area (Å²) in [6.07, 6.45) is 6.14. The largest absolute Gasteiger partial charge is 0.496 e. The summed E-state index contributed by atoms with van der Waals surface area (Å²) in [6.45, 7) is 2.52. The lowest BCUT2D eigenvalue weighted by Gasteiger charge is -2.16. The number of aliphatic hydroxyl groups excluding tert-OH is 1. The van der Waals surface area contributed by atoms with Crippen molar-refractivity contribution >= 4 is 0 Å². The molecule has 0 bridgehead atoms. The molecule has 1 unspecified atom stereocenters. The Hall–Kier alpha value is -1.81. The minimum atomic E-state index is -0.466. The Morgan fingerprint density at radius 2 is 2.14 bits per heavy atom. The van der Waals surface area contributed by atoms with Gasteiger partial charge >= 0.3 is 0 Å². The molecule has 1 aromatic heterocycles. The minimum Gasteiger partial charge on any atom is -0.496 e. The molecule has 1 aliphatic rings. The van der Waals surface area contributed by atoms with Gasteiger partial charge in [0, 0.05) is 11.3 Å². The van der Waals surface area contributed by atoms with E-state index in [4.69, 9.17) is 4.74 Å². The maximum absolute atomic E-state index is 9.77. The number of fused-ring (bicyclic) bond motifs is 1. The Bertz CT molecular complexity index is 632. The van der Waals surface area contributed by atoms with E-state index in [-0.39, 0.29) is 0 Å². The zero-order chi connectivity index (χ0) is 14.8. The molecule has 0 spiro atoms. The first kappa shape index (κ1) is 14.1. The number of rotatable bonds is 4. The van der Waals surface area contributed by atoms with E-state index in [0.717, 1.165) is 36.3 Å². The fraction of sp³-hybridized carbons (Fsp3) is 0.471. The second-order valence-electron chi connectivity index (χ2n) is 5.72. The van der Waals surface area contributed by atoms with Crippen molar-refractivity contribution in [3.05, 3.63) is 47.0 Å². The van der Waals surface area contributed by atoms with E-state index >= 15 is 0 Å². The molecule has 1 aliphatic carbocycles. The van der Waals surface area contributed by atoms with E-state index in [0.29, 0.717) is 0 Å². The van der Waals surface area contributed by atoms with E-state index in [2.05, 4.69) is 9.55 Å². The van der Waals surface area contributed by atoms with E-state index < -0.39 is 6.10 Å². The van der Waals surface area contributed by atoms with Crippen LogP contribution >= 0.6 is 0 Å². The summed E-state index contributed by atoms with van der Waals surface area (Å²) in [4.78, 5) is 4.54. The molecule has 1 heterocycles. The zero-order valence-corrected chi connectivity index (χ0v) is 12.7. The second-order valence-corrected chi connectivity index (χ2v) is 5.72. The van der Waals surface area contributed by atoms with Gasteiger partial charge in [-0.1, -0.05) is 6.07 Å². The van der Waals surface area contributed by atoms with Crippen molar-refractivity contribution in [1.82, 2.24) is 9.55 Å². The van der Waals surface area contributed by atoms with E-state index in [1.807, 2.05) is 24.5 Å². The van der Waals surface area contributed by atoms with Crippen molar-refractivity contribution in [2.45, 2.75) is 45.3 Å². The van der Waals surface area contributed by atoms with Crippen molar-refractivity contribution in [1.29, 1.82) is 0 Å². The molecule has 0 amide bonds. The zero-order valence-electron chi connectivity index (χ0n) is 12.7. The van der Waals surface area contributed by atoms with Crippen LogP contribution in [0.5, 0.6) is 5.75 Å². The number of hydrogen-bond acceptors (Lipinski definition) is 3. The lowest BCUT2D eigenvalue weighted by Crippen LogP contribution is -2.10. The van der Waals surface area contributed by atoms with Crippen LogP contribution < -0.4 is 4.74 Å². The summed E-state index contributed by atoms with van der Waals surface area (Å²) in [5.41, 5.74) is 4.60. The molecule has 0 saturated heterocycles. The van der Waals surface area contributed by atoms with E-state index in [1.54, 1.807) is 14.0 Å². The van der Waals surface area contributed by atoms with Gasteiger partial charge in [0.15, 0.2) is 0 Å². The number of hydrogen-bond donors (Lipinski definition) is 1. The first-order chi connectivity index (χ1) is 10.2. The van der Waals surface area contributed by atoms with Crippen LogP contribution in [0.2, 0.25) is 0 Å². The van der Waals surface area contributed by atoms with Crippen LogP contribution in [0.15, 0.2) is 24.5 Å². The van der Waals surface area contributed by atoms with Crippen LogP contribution in [0, 0.1) is 0 Å². The molecule has 21 heavy (non-hydrogen) atoms. The Morgan fingerprint density at radius 3 is 2.90 bits per heavy atom. The van der Waals surface area contributed by atoms with E-state index in [1.165, 1.54) is 24.2 Å². The van der Waals surface area contributed by atoms with Crippen LogP contribution in [0.25, 0.3) is 0 Å². The number of benzene rings is 1. The summed E-state index contributed by atoms with van der Waals surface area (Å²) in [5, 5.41) is 9.77. The highest BCUT2D eigenvalue weighted by Gasteiger charge is 2.16. The lowest BCUT2D eigenvalue weighted by atomic mass is 10.0. The first-order valence-corrected chi connectivity index (χ1v) is 7.57. The SMILES string of the molecule is COc1ccc(C(C)O)cc1Cn1cnc2c1CCCC2. The molecule has 112 valence electrons. The summed E-state index contributed by atoms with van der Waals surface area (Å²) in [6, 6.07) is 5.87. The van der Waals surface area contributed by atoms with Crippen molar-refractivity contribution < 1.29 is 9.84 Å². The fourth-order valence-electron chi connectivity index (χ4n) is 3.03.